The molecule has 1 atom stereocenters. The third kappa shape index (κ3) is 7.93. The van der Waals surface area contributed by atoms with Gasteiger partial charge in [-0.3, -0.25) is 9.59 Å². The van der Waals surface area contributed by atoms with Gasteiger partial charge in [0.15, 0.2) is 0 Å². The minimum absolute atomic E-state index is 0. The highest BCUT2D eigenvalue weighted by Gasteiger charge is 2.16. The van der Waals surface area contributed by atoms with E-state index in [4.69, 9.17) is 4.74 Å². The summed E-state index contributed by atoms with van der Waals surface area (Å²) in [6, 6.07) is 24.2. The van der Waals surface area contributed by atoms with E-state index in [1.165, 1.54) is 0 Å². The second-order valence-corrected chi connectivity index (χ2v) is 7.34. The van der Waals surface area contributed by atoms with Gasteiger partial charge in [0.1, 0.15) is 18.4 Å². The van der Waals surface area contributed by atoms with Crippen molar-refractivity contribution in [2.24, 2.45) is 0 Å². The van der Waals surface area contributed by atoms with Crippen molar-refractivity contribution in [1.29, 1.82) is 0 Å². The Bertz CT molecular complexity index is 1010. The van der Waals surface area contributed by atoms with Gasteiger partial charge < -0.3 is 20.5 Å². The molecular weight excluding hydrogens is 440 g/mol. The number of benzene rings is 3. The van der Waals surface area contributed by atoms with Crippen molar-refractivity contribution < 1.29 is 19.4 Å². The van der Waals surface area contributed by atoms with Gasteiger partial charge in [0.25, 0.3) is 5.91 Å². The second kappa shape index (κ2) is 13.3. The minimum atomic E-state index is -0.863. The fourth-order valence-corrected chi connectivity index (χ4v) is 3.33. The molecule has 0 bridgehead atoms. The Hall–Kier alpha value is -3.35. The van der Waals surface area contributed by atoms with Crippen molar-refractivity contribution in [1.82, 2.24) is 10.6 Å². The molecule has 174 valence electrons. The molecule has 0 saturated heterocycles. The highest BCUT2D eigenvalue weighted by atomic mass is 35.5. The van der Waals surface area contributed by atoms with Gasteiger partial charge in [-0.15, -0.1) is 12.4 Å². The summed E-state index contributed by atoms with van der Waals surface area (Å²) < 4.78 is 5.68. The van der Waals surface area contributed by atoms with Crippen LogP contribution < -0.4 is 15.4 Å². The number of halogens is 1. The lowest BCUT2D eigenvalue weighted by Crippen LogP contribution is -2.38. The fourth-order valence-electron chi connectivity index (χ4n) is 3.33. The summed E-state index contributed by atoms with van der Waals surface area (Å²) in [7, 11) is 0. The number of carboxylic acids is 1. The number of carboxylic acid groups (broad SMARTS) is 1. The molecule has 0 fully saturated rings. The predicted octanol–water partition coefficient (Wildman–Crippen LogP) is 4.19. The number of rotatable bonds is 11. The molecular formula is C26H29ClN2O4. The van der Waals surface area contributed by atoms with Crippen LogP contribution in [-0.2, 0) is 11.2 Å². The molecule has 0 aliphatic carbocycles. The lowest BCUT2D eigenvalue weighted by molar-refractivity contribution is -0.139. The first kappa shape index (κ1) is 25.9. The molecule has 0 aliphatic rings. The summed E-state index contributed by atoms with van der Waals surface area (Å²) in [6.45, 7) is 3.19. The van der Waals surface area contributed by atoms with Crippen molar-refractivity contribution in [2.75, 3.05) is 19.7 Å². The van der Waals surface area contributed by atoms with Gasteiger partial charge in [-0.05, 0) is 53.9 Å². The third-order valence-corrected chi connectivity index (χ3v) is 5.02. The monoisotopic (exact) mass is 468 g/mol. The van der Waals surface area contributed by atoms with E-state index in [0.29, 0.717) is 37.4 Å². The Morgan fingerprint density at radius 3 is 2.15 bits per heavy atom. The molecule has 33 heavy (non-hydrogen) atoms. The Morgan fingerprint density at radius 1 is 0.909 bits per heavy atom. The number of ether oxygens (including phenoxy) is 1. The van der Waals surface area contributed by atoms with Gasteiger partial charge in [0.2, 0.25) is 0 Å². The first-order valence-electron chi connectivity index (χ1n) is 10.7. The normalized spacial score (nSPS) is 11.2. The molecule has 0 radical (unpaired) electrons. The van der Waals surface area contributed by atoms with Crippen LogP contribution in [0.4, 0.5) is 0 Å². The number of carbonyl (C=O) groups excluding carboxylic acids is 1. The first-order valence-corrected chi connectivity index (χ1v) is 10.7. The maximum absolute atomic E-state index is 12.3. The molecule has 7 heteroatoms. The van der Waals surface area contributed by atoms with Gasteiger partial charge >= 0.3 is 5.97 Å². The highest BCUT2D eigenvalue weighted by molar-refractivity contribution is 5.94. The molecule has 0 aliphatic heterocycles. The maximum atomic E-state index is 12.3. The zero-order valence-electron chi connectivity index (χ0n) is 18.5. The van der Waals surface area contributed by atoms with Crippen LogP contribution in [0.15, 0.2) is 78.9 Å². The molecule has 0 saturated carbocycles. The number of nitrogens with one attached hydrogen (secondary N) is 2. The molecule has 0 heterocycles. The van der Waals surface area contributed by atoms with Gasteiger partial charge in [-0.25, -0.2) is 0 Å². The van der Waals surface area contributed by atoms with E-state index in [2.05, 4.69) is 10.6 Å². The largest absolute Gasteiger partial charge is 0.492 e. The average Bonchev–Trinajstić information content (AvgIpc) is 2.83. The average molecular weight is 469 g/mol. The second-order valence-electron chi connectivity index (χ2n) is 7.34. The van der Waals surface area contributed by atoms with Crippen LogP contribution in [0.3, 0.4) is 0 Å². The predicted molar refractivity (Wildman–Crippen MR) is 132 cm³/mol. The van der Waals surface area contributed by atoms with Crippen LogP contribution in [0.5, 0.6) is 5.75 Å². The SMILES string of the molecule is CCNC(Cc1ccc(OCCNC(=O)c2ccc(-c3ccccc3)cc2)cc1)C(=O)O.Cl. The zero-order valence-corrected chi connectivity index (χ0v) is 19.3. The maximum Gasteiger partial charge on any atom is 0.321 e. The first-order chi connectivity index (χ1) is 15.6. The molecule has 1 unspecified atom stereocenters. The number of hydrogen-bond donors (Lipinski definition) is 3. The third-order valence-electron chi connectivity index (χ3n) is 5.02. The molecule has 0 aromatic heterocycles. The van der Waals surface area contributed by atoms with E-state index in [9.17, 15) is 14.7 Å². The number of amides is 1. The molecule has 3 rings (SSSR count). The highest BCUT2D eigenvalue weighted by Crippen LogP contribution is 2.19. The summed E-state index contributed by atoms with van der Waals surface area (Å²) in [5, 5.41) is 15.0. The fraction of sp³-hybridized carbons (Fsp3) is 0.231. The standard InChI is InChI=1S/C26H28N2O4.ClH/c1-2-27-24(26(30)31)18-19-8-14-23(15-9-19)32-17-16-28-25(29)22-12-10-21(11-13-22)20-6-4-3-5-7-20;/h3-15,24,27H,2,16-18H2,1H3,(H,28,29)(H,30,31);1H. The van der Waals surface area contributed by atoms with Crippen molar-refractivity contribution in [3.63, 3.8) is 0 Å². The van der Waals surface area contributed by atoms with E-state index < -0.39 is 12.0 Å². The van der Waals surface area contributed by atoms with Crippen molar-refractivity contribution in [3.05, 3.63) is 90.0 Å². The summed E-state index contributed by atoms with van der Waals surface area (Å²) in [6.07, 6.45) is 0.405. The summed E-state index contributed by atoms with van der Waals surface area (Å²) in [5.41, 5.74) is 3.69. The van der Waals surface area contributed by atoms with Crippen molar-refractivity contribution in [2.45, 2.75) is 19.4 Å². The van der Waals surface area contributed by atoms with Gasteiger partial charge in [-0.1, -0.05) is 61.5 Å². The van der Waals surface area contributed by atoms with Crippen LogP contribution in [0.1, 0.15) is 22.8 Å². The molecule has 6 nitrogen and oxygen atoms in total. The Kier molecular flexibility index (Phi) is 10.4. The van der Waals surface area contributed by atoms with E-state index in [0.717, 1.165) is 16.7 Å². The summed E-state index contributed by atoms with van der Waals surface area (Å²) in [5.74, 6) is -0.338. The van der Waals surface area contributed by atoms with Crippen molar-refractivity contribution >= 4 is 24.3 Å². The number of carbonyl (C=O) groups is 2. The van der Waals surface area contributed by atoms with E-state index in [1.54, 1.807) is 0 Å². The summed E-state index contributed by atoms with van der Waals surface area (Å²) in [4.78, 5) is 23.6. The van der Waals surface area contributed by atoms with Gasteiger partial charge in [0, 0.05) is 5.56 Å². The Labute approximate surface area is 200 Å². The minimum Gasteiger partial charge on any atom is -0.492 e. The van der Waals surface area contributed by atoms with Gasteiger partial charge in [-0.2, -0.15) is 0 Å². The number of hydrogen-bond acceptors (Lipinski definition) is 4. The van der Waals surface area contributed by atoms with Crippen LogP contribution in [0.25, 0.3) is 11.1 Å². The van der Waals surface area contributed by atoms with Crippen LogP contribution in [0, 0.1) is 0 Å². The molecule has 3 aromatic carbocycles. The molecule has 1 amide bonds. The van der Waals surface area contributed by atoms with Crippen LogP contribution >= 0.6 is 12.4 Å². The van der Waals surface area contributed by atoms with Crippen LogP contribution in [0.2, 0.25) is 0 Å². The van der Waals surface area contributed by atoms with Crippen molar-refractivity contribution in [3.8, 4) is 16.9 Å². The lowest BCUT2D eigenvalue weighted by Gasteiger charge is -2.13. The van der Waals surface area contributed by atoms with E-state index in [-0.39, 0.29) is 18.3 Å². The summed E-state index contributed by atoms with van der Waals surface area (Å²) >= 11 is 0. The zero-order chi connectivity index (χ0) is 22.8. The number of aliphatic carboxylic acids is 1. The van der Waals surface area contributed by atoms with E-state index >= 15 is 0 Å². The smallest absolute Gasteiger partial charge is 0.321 e. The van der Waals surface area contributed by atoms with Gasteiger partial charge in [0.05, 0.1) is 6.54 Å². The quantitative estimate of drug-likeness (QED) is 0.367. The van der Waals surface area contributed by atoms with Crippen LogP contribution in [-0.4, -0.2) is 42.7 Å². The van der Waals surface area contributed by atoms with E-state index in [1.807, 2.05) is 85.8 Å². The Morgan fingerprint density at radius 2 is 1.55 bits per heavy atom. The molecule has 3 aromatic rings. The molecule has 0 spiro atoms. The topological polar surface area (TPSA) is 87.7 Å². The molecule has 3 N–H and O–H groups in total. The Balaban J connectivity index is 0.00000385. The lowest BCUT2D eigenvalue weighted by atomic mass is 10.0. The number of likely N-dealkylation sites (N-methyl/N-ethyl adjacent to an activating group) is 1.